The normalized spacial score (nSPS) is 15.9. The topological polar surface area (TPSA) is 271 Å². The first-order chi connectivity index (χ1) is 29.6. The number of amides is 8. The van der Waals surface area contributed by atoms with Crippen molar-refractivity contribution < 1.29 is 53.0 Å². The lowest BCUT2D eigenvalue weighted by molar-refractivity contribution is -0.142. The summed E-state index contributed by atoms with van der Waals surface area (Å²) in [5.41, 5.74) is 1.81. The van der Waals surface area contributed by atoms with E-state index in [1.54, 1.807) is 20.8 Å². The summed E-state index contributed by atoms with van der Waals surface area (Å²) in [6.45, 7) is 10.6. The number of carboxylic acids is 1. The van der Waals surface area contributed by atoms with Crippen LogP contribution in [0.4, 0.5) is 4.79 Å². The Morgan fingerprint density at radius 1 is 0.730 bits per heavy atom. The van der Waals surface area contributed by atoms with Crippen LogP contribution in [0.2, 0.25) is 0 Å². The molecule has 6 atom stereocenters. The molecule has 0 bridgehead atoms. The van der Waals surface area contributed by atoms with Crippen LogP contribution in [0.3, 0.4) is 0 Å². The smallest absolute Gasteiger partial charge is 0.407 e. The van der Waals surface area contributed by atoms with Gasteiger partial charge in [0.15, 0.2) is 0 Å². The quantitative estimate of drug-likeness (QED) is 0.0812. The summed E-state index contributed by atoms with van der Waals surface area (Å²) in [7, 11) is 0. The highest BCUT2D eigenvalue weighted by Gasteiger charge is 2.39. The fraction of sp³-hybridized carbons (Fsp3) is 0.523. The molecule has 0 saturated carbocycles. The number of carbonyl (C=O) groups is 9. The molecule has 1 fully saturated rings. The molecule has 1 aliphatic rings. The molecule has 0 aliphatic carbocycles. The number of alkyl carbamates (subject to hydrolysis) is 1. The molecule has 0 radical (unpaired) electrons. The number of carbonyl (C=O) groups excluding carboxylic acids is 8. The number of aryl methyl sites for hydroxylation is 1. The number of carboxylic acid groups (broad SMARTS) is 1. The molecule has 0 aromatic heterocycles. The Morgan fingerprint density at radius 3 is 1.94 bits per heavy atom. The van der Waals surface area contributed by atoms with E-state index in [-0.39, 0.29) is 45.2 Å². The standard InChI is InChI=1S/C44H62N8O11/c1-26-17-19-31(20-18-26)24-34(51-40(59)33(49-29(4)53)23-30-13-9-8-10-14-30)42(61)52-22-12-16-35(52)41(60)48-27(2)37(56)47-28(3)38(57)50-32(39(58)46-25-36(54)55)15-11-21-45-43(62)63-44(5,6)7/h8-10,13-14,17-20,27-28,32-35H,11-12,15-16,21-25H2,1-7H3,(H,45,62)(H,46,58)(H,47,56)(H,48,60)(H,49,53)(H,50,57)(H,51,59)(H,54,55)/t27-,28-,32-,33-,34-,35-/m0/s1. The maximum absolute atomic E-state index is 14.3. The average molecular weight is 879 g/mol. The molecule has 63 heavy (non-hydrogen) atoms. The third-order valence-electron chi connectivity index (χ3n) is 9.88. The number of hydrogen-bond donors (Lipinski definition) is 8. The average Bonchev–Trinajstić information content (AvgIpc) is 3.71. The molecule has 8 N–H and O–H groups in total. The largest absolute Gasteiger partial charge is 0.480 e. The van der Waals surface area contributed by atoms with Crippen LogP contribution in [0.15, 0.2) is 54.6 Å². The molecule has 19 heteroatoms. The molecule has 1 aliphatic heterocycles. The van der Waals surface area contributed by atoms with Crippen molar-refractivity contribution >= 4 is 53.4 Å². The third kappa shape index (κ3) is 17.8. The predicted molar refractivity (Wildman–Crippen MR) is 231 cm³/mol. The fourth-order valence-electron chi connectivity index (χ4n) is 6.68. The number of nitrogens with zero attached hydrogens (tertiary/aromatic N) is 1. The summed E-state index contributed by atoms with van der Waals surface area (Å²) in [4.78, 5) is 118. The number of aliphatic carboxylic acids is 1. The first kappa shape index (κ1) is 50.8. The first-order valence-corrected chi connectivity index (χ1v) is 21.0. The molecule has 1 heterocycles. The second-order valence-electron chi connectivity index (χ2n) is 16.6. The molecule has 19 nitrogen and oxygen atoms in total. The molecule has 0 unspecified atom stereocenters. The summed E-state index contributed by atoms with van der Waals surface area (Å²) in [6, 6.07) is 9.82. The van der Waals surface area contributed by atoms with Crippen LogP contribution >= 0.6 is 0 Å². The number of rotatable bonds is 21. The van der Waals surface area contributed by atoms with Gasteiger partial charge in [0.05, 0.1) is 0 Å². The molecule has 1 saturated heterocycles. The van der Waals surface area contributed by atoms with Crippen molar-refractivity contribution in [1.29, 1.82) is 0 Å². The van der Waals surface area contributed by atoms with E-state index in [0.717, 1.165) is 16.7 Å². The van der Waals surface area contributed by atoms with Crippen LogP contribution in [-0.4, -0.2) is 125 Å². The Bertz CT molecular complexity index is 1940. The molecule has 0 spiro atoms. The van der Waals surface area contributed by atoms with Gasteiger partial charge < -0.3 is 52.0 Å². The molecule has 8 amide bonds. The van der Waals surface area contributed by atoms with Gasteiger partial charge in [-0.2, -0.15) is 0 Å². The van der Waals surface area contributed by atoms with Crippen molar-refractivity contribution in [3.63, 3.8) is 0 Å². The fourth-order valence-corrected chi connectivity index (χ4v) is 6.68. The number of hydrogen-bond acceptors (Lipinski definition) is 10. The highest BCUT2D eigenvalue weighted by molar-refractivity contribution is 5.97. The number of likely N-dealkylation sites (tertiary alicyclic amines) is 1. The van der Waals surface area contributed by atoms with E-state index in [1.807, 2.05) is 61.5 Å². The maximum Gasteiger partial charge on any atom is 0.407 e. The van der Waals surface area contributed by atoms with Crippen molar-refractivity contribution in [2.45, 2.75) is 129 Å². The van der Waals surface area contributed by atoms with Crippen molar-refractivity contribution in [3.8, 4) is 0 Å². The van der Waals surface area contributed by atoms with Crippen LogP contribution in [0.5, 0.6) is 0 Å². The highest BCUT2D eigenvalue weighted by atomic mass is 16.6. The molecule has 2 aromatic rings. The second-order valence-corrected chi connectivity index (χ2v) is 16.6. The summed E-state index contributed by atoms with van der Waals surface area (Å²) >= 11 is 0. The Kier molecular flexibility index (Phi) is 19.5. The van der Waals surface area contributed by atoms with Crippen molar-refractivity contribution in [2.75, 3.05) is 19.6 Å². The van der Waals surface area contributed by atoms with Gasteiger partial charge in [-0.25, -0.2) is 4.79 Å². The minimum atomic E-state index is -1.30. The monoisotopic (exact) mass is 878 g/mol. The Morgan fingerprint density at radius 2 is 1.32 bits per heavy atom. The van der Waals surface area contributed by atoms with E-state index in [0.29, 0.717) is 6.42 Å². The van der Waals surface area contributed by atoms with Crippen LogP contribution in [0.1, 0.15) is 83.9 Å². The zero-order valence-electron chi connectivity index (χ0n) is 37.0. The second kappa shape index (κ2) is 24.2. The zero-order chi connectivity index (χ0) is 46.9. The van der Waals surface area contributed by atoms with Gasteiger partial charge in [-0.3, -0.25) is 38.4 Å². The molecule has 3 rings (SSSR count). The predicted octanol–water partition coefficient (Wildman–Crippen LogP) is 0.761. The van der Waals surface area contributed by atoms with Gasteiger partial charge in [0.1, 0.15) is 48.4 Å². The third-order valence-corrected chi connectivity index (χ3v) is 9.88. The lowest BCUT2D eigenvalue weighted by atomic mass is 10.0. The maximum atomic E-state index is 14.3. The Balaban J connectivity index is 1.67. The number of benzene rings is 2. The van der Waals surface area contributed by atoms with Crippen LogP contribution in [0, 0.1) is 6.92 Å². The summed E-state index contributed by atoms with van der Waals surface area (Å²) in [5, 5.41) is 26.9. The van der Waals surface area contributed by atoms with Crippen molar-refractivity contribution in [3.05, 3.63) is 71.3 Å². The van der Waals surface area contributed by atoms with Crippen LogP contribution < -0.4 is 37.2 Å². The Hall–Kier alpha value is -6.53. The number of nitrogens with one attached hydrogen (secondary N) is 7. The van der Waals surface area contributed by atoms with E-state index >= 15 is 0 Å². The van der Waals surface area contributed by atoms with Gasteiger partial charge in [-0.1, -0.05) is 60.2 Å². The molecular weight excluding hydrogens is 817 g/mol. The summed E-state index contributed by atoms with van der Waals surface area (Å²) < 4.78 is 5.18. The number of ether oxygens (including phenoxy) is 1. The van der Waals surface area contributed by atoms with Crippen molar-refractivity contribution in [2.24, 2.45) is 0 Å². The summed E-state index contributed by atoms with van der Waals surface area (Å²) in [5.74, 6) is -5.78. The van der Waals surface area contributed by atoms with Gasteiger partial charge >= 0.3 is 12.1 Å². The highest BCUT2D eigenvalue weighted by Crippen LogP contribution is 2.21. The van der Waals surface area contributed by atoms with Crippen LogP contribution in [0.25, 0.3) is 0 Å². The van der Waals surface area contributed by atoms with E-state index in [4.69, 9.17) is 9.84 Å². The van der Waals surface area contributed by atoms with E-state index in [2.05, 4.69) is 37.2 Å². The molecular formula is C44H62N8O11. The minimum Gasteiger partial charge on any atom is -0.480 e. The minimum absolute atomic E-state index is 0.00411. The van der Waals surface area contributed by atoms with Crippen LogP contribution in [-0.2, 0) is 55.9 Å². The van der Waals surface area contributed by atoms with E-state index in [9.17, 15) is 43.2 Å². The van der Waals surface area contributed by atoms with E-state index in [1.165, 1.54) is 25.7 Å². The van der Waals surface area contributed by atoms with Gasteiger partial charge in [-0.05, 0) is 78.4 Å². The zero-order valence-corrected chi connectivity index (χ0v) is 37.0. The SMILES string of the molecule is CC(=O)N[C@@H](Cc1ccccc1)C(=O)N[C@@H](Cc1ccc(C)cc1)C(=O)N1CCC[C@H]1C(=O)N[C@@H](C)C(=O)N[C@@H](C)C(=O)N[C@@H](CCCNC(=O)OC(C)(C)C)C(=O)NCC(=O)O. The van der Waals surface area contributed by atoms with Gasteiger partial charge in [0, 0.05) is 32.9 Å². The lowest BCUT2D eigenvalue weighted by Gasteiger charge is -2.30. The molecule has 344 valence electrons. The van der Waals surface area contributed by atoms with Crippen molar-refractivity contribution in [1.82, 2.24) is 42.1 Å². The van der Waals surface area contributed by atoms with Gasteiger partial charge in [0.25, 0.3) is 0 Å². The lowest BCUT2D eigenvalue weighted by Crippen LogP contribution is -2.59. The van der Waals surface area contributed by atoms with E-state index < -0.39 is 102 Å². The van der Waals surface area contributed by atoms with Gasteiger partial charge in [0.2, 0.25) is 41.4 Å². The summed E-state index contributed by atoms with van der Waals surface area (Å²) in [6.07, 6.45) is 0.519. The molecule has 2 aromatic carbocycles. The Labute approximate surface area is 367 Å². The first-order valence-electron chi connectivity index (χ1n) is 21.0. The van der Waals surface area contributed by atoms with Gasteiger partial charge in [-0.15, -0.1) is 0 Å².